The summed E-state index contributed by atoms with van der Waals surface area (Å²) in [7, 11) is 0. The number of aldehydes is 1. The quantitative estimate of drug-likeness (QED) is 0.617. The molecule has 0 amide bonds. The maximum absolute atomic E-state index is 11.1. The molecule has 0 bridgehead atoms. The first kappa shape index (κ1) is 15.6. The summed E-state index contributed by atoms with van der Waals surface area (Å²) in [5, 5.41) is 5.12. The Hall–Kier alpha value is -2.30. The molecule has 0 fully saturated rings. The molecule has 0 atom stereocenters. The van der Waals surface area contributed by atoms with E-state index in [4.69, 9.17) is 27.9 Å². The van der Waals surface area contributed by atoms with Crippen LogP contribution >= 0.6 is 23.2 Å². The Bertz CT molecular complexity index is 858. The van der Waals surface area contributed by atoms with Crippen molar-refractivity contribution in [1.82, 2.24) is 9.78 Å². The average molecular weight is 347 g/mol. The third-order valence-corrected chi connectivity index (χ3v) is 3.74. The van der Waals surface area contributed by atoms with Crippen LogP contribution in [0, 0.1) is 6.92 Å². The van der Waals surface area contributed by atoms with Crippen LogP contribution in [0.2, 0.25) is 10.0 Å². The number of carbonyl (C=O) groups excluding carboxylic acids is 1. The minimum absolute atomic E-state index is 0.248. The summed E-state index contributed by atoms with van der Waals surface area (Å²) >= 11 is 12.1. The number of halogens is 2. The molecule has 0 saturated carbocycles. The van der Waals surface area contributed by atoms with Crippen LogP contribution in [-0.4, -0.2) is 16.1 Å². The van der Waals surface area contributed by atoms with Crippen molar-refractivity contribution in [2.45, 2.75) is 6.92 Å². The Morgan fingerprint density at radius 3 is 2.48 bits per heavy atom. The lowest BCUT2D eigenvalue weighted by Gasteiger charge is -2.10. The van der Waals surface area contributed by atoms with E-state index in [1.807, 2.05) is 31.2 Å². The fraction of sp³-hybridized carbons (Fsp3) is 0.0588. The van der Waals surface area contributed by atoms with Crippen LogP contribution in [0.4, 0.5) is 0 Å². The average Bonchev–Trinajstić information content (AvgIpc) is 2.92. The van der Waals surface area contributed by atoms with Crippen molar-refractivity contribution in [3.05, 3.63) is 69.8 Å². The number of aromatic nitrogens is 2. The number of hydrogen-bond donors (Lipinski definition) is 0. The van der Waals surface area contributed by atoms with E-state index in [0.29, 0.717) is 33.6 Å². The van der Waals surface area contributed by atoms with Crippen molar-refractivity contribution in [1.29, 1.82) is 0 Å². The smallest absolute Gasteiger partial charge is 0.223 e. The fourth-order valence-corrected chi connectivity index (χ4v) is 2.55. The summed E-state index contributed by atoms with van der Waals surface area (Å²) < 4.78 is 7.31. The molecule has 3 rings (SSSR count). The summed E-state index contributed by atoms with van der Waals surface area (Å²) in [6, 6.07) is 14.1. The predicted octanol–water partition coefficient (Wildman–Crippen LogP) is 5.09. The number of hydrogen-bond acceptors (Lipinski definition) is 3. The van der Waals surface area contributed by atoms with Crippen molar-refractivity contribution < 1.29 is 9.53 Å². The van der Waals surface area contributed by atoms with Crippen molar-refractivity contribution >= 4 is 29.5 Å². The van der Waals surface area contributed by atoms with Gasteiger partial charge in [0.05, 0.1) is 10.7 Å². The van der Waals surface area contributed by atoms with E-state index in [1.165, 1.54) is 4.68 Å². The summed E-state index contributed by atoms with van der Waals surface area (Å²) in [4.78, 5) is 11.1. The molecule has 4 nitrogen and oxygen atoms in total. The van der Waals surface area contributed by atoms with Crippen molar-refractivity contribution in [3.63, 3.8) is 0 Å². The van der Waals surface area contributed by atoms with Gasteiger partial charge in [0.1, 0.15) is 11.4 Å². The van der Waals surface area contributed by atoms with Gasteiger partial charge in [0, 0.05) is 11.1 Å². The maximum Gasteiger partial charge on any atom is 0.223 e. The molecule has 0 spiro atoms. The van der Waals surface area contributed by atoms with Crippen LogP contribution in [-0.2, 0) is 0 Å². The molecule has 0 aliphatic rings. The topological polar surface area (TPSA) is 44.1 Å². The molecule has 0 radical (unpaired) electrons. The van der Waals surface area contributed by atoms with Crippen molar-refractivity contribution in [2.24, 2.45) is 0 Å². The Morgan fingerprint density at radius 1 is 1.09 bits per heavy atom. The zero-order valence-electron chi connectivity index (χ0n) is 12.2. The zero-order valence-corrected chi connectivity index (χ0v) is 13.7. The first-order valence-corrected chi connectivity index (χ1v) is 7.57. The van der Waals surface area contributed by atoms with E-state index >= 15 is 0 Å². The highest BCUT2D eigenvalue weighted by Crippen LogP contribution is 2.30. The van der Waals surface area contributed by atoms with E-state index in [9.17, 15) is 4.79 Å². The van der Waals surface area contributed by atoms with Gasteiger partial charge in [0.15, 0.2) is 6.29 Å². The summed E-state index contributed by atoms with van der Waals surface area (Å²) in [6.07, 6.45) is 0.655. The number of nitrogens with zero attached hydrogens (tertiary/aromatic N) is 2. The summed E-state index contributed by atoms with van der Waals surface area (Å²) in [5.41, 5.74) is 1.95. The first-order valence-electron chi connectivity index (χ1n) is 6.82. The molecule has 3 aromatic rings. The second-order valence-electron chi connectivity index (χ2n) is 4.95. The Labute approximate surface area is 143 Å². The van der Waals surface area contributed by atoms with Crippen LogP contribution in [0.25, 0.3) is 5.69 Å². The maximum atomic E-state index is 11.1. The second-order valence-corrected chi connectivity index (χ2v) is 5.79. The highest BCUT2D eigenvalue weighted by molar-refractivity contribution is 6.35. The van der Waals surface area contributed by atoms with Crippen molar-refractivity contribution in [3.8, 4) is 17.3 Å². The third-order valence-electron chi connectivity index (χ3n) is 3.20. The predicted molar refractivity (Wildman–Crippen MR) is 90.2 cm³/mol. The van der Waals surface area contributed by atoms with Gasteiger partial charge < -0.3 is 4.74 Å². The van der Waals surface area contributed by atoms with E-state index in [2.05, 4.69) is 5.10 Å². The molecule has 116 valence electrons. The highest BCUT2D eigenvalue weighted by atomic mass is 35.5. The van der Waals surface area contributed by atoms with Gasteiger partial charge in [-0.1, -0.05) is 40.9 Å². The van der Waals surface area contributed by atoms with E-state index in [-0.39, 0.29) is 5.69 Å². The van der Waals surface area contributed by atoms with Gasteiger partial charge >= 0.3 is 0 Å². The largest absolute Gasteiger partial charge is 0.439 e. The van der Waals surface area contributed by atoms with Crippen LogP contribution in [0.3, 0.4) is 0 Å². The number of rotatable bonds is 4. The fourth-order valence-electron chi connectivity index (χ4n) is 2.06. The Kier molecular flexibility index (Phi) is 4.37. The number of aryl methyl sites for hydroxylation is 1. The molecule has 1 aromatic heterocycles. The molecule has 0 aliphatic carbocycles. The van der Waals surface area contributed by atoms with Gasteiger partial charge in [-0.3, -0.25) is 4.79 Å². The minimum atomic E-state index is 0.248. The molecule has 1 heterocycles. The van der Waals surface area contributed by atoms with Gasteiger partial charge in [-0.15, -0.1) is 0 Å². The molecule has 6 heteroatoms. The number of benzene rings is 2. The van der Waals surface area contributed by atoms with Gasteiger partial charge in [0.25, 0.3) is 0 Å². The number of carbonyl (C=O) groups is 1. The number of ether oxygens (including phenoxy) is 1. The molecule has 0 aliphatic heterocycles. The van der Waals surface area contributed by atoms with Crippen molar-refractivity contribution in [2.75, 3.05) is 0 Å². The van der Waals surface area contributed by atoms with Gasteiger partial charge in [-0.2, -0.15) is 9.78 Å². The molecule has 0 unspecified atom stereocenters. The lowest BCUT2D eigenvalue weighted by atomic mass is 10.2. The normalized spacial score (nSPS) is 10.6. The standard InChI is InChI=1S/C17H12Cl2N2O2/c1-11-2-5-14(6-3-11)23-17-9-13(10-22)20-21(17)16-7-4-12(18)8-15(16)19/h2-10H,1H3. The summed E-state index contributed by atoms with van der Waals surface area (Å²) in [6.45, 7) is 1.99. The van der Waals surface area contributed by atoms with Crippen LogP contribution < -0.4 is 4.74 Å². The van der Waals surface area contributed by atoms with E-state index in [1.54, 1.807) is 24.3 Å². The molecular weight excluding hydrogens is 335 g/mol. The van der Waals surface area contributed by atoms with Crippen LogP contribution in [0.1, 0.15) is 16.1 Å². The molecular formula is C17H12Cl2N2O2. The lowest BCUT2D eigenvalue weighted by Crippen LogP contribution is -2.01. The Balaban J connectivity index is 2.04. The molecule has 0 N–H and O–H groups in total. The lowest BCUT2D eigenvalue weighted by molar-refractivity contribution is 0.111. The minimum Gasteiger partial charge on any atom is -0.439 e. The van der Waals surface area contributed by atoms with Crippen LogP contribution in [0.5, 0.6) is 11.6 Å². The molecule has 0 saturated heterocycles. The monoisotopic (exact) mass is 346 g/mol. The summed E-state index contributed by atoms with van der Waals surface area (Å²) in [5.74, 6) is 1.03. The second kappa shape index (κ2) is 6.44. The zero-order chi connectivity index (χ0) is 16.4. The molecule has 2 aromatic carbocycles. The van der Waals surface area contributed by atoms with Gasteiger partial charge in [-0.25, -0.2) is 0 Å². The first-order chi connectivity index (χ1) is 11.1. The van der Waals surface area contributed by atoms with E-state index in [0.717, 1.165) is 5.56 Å². The third kappa shape index (κ3) is 3.38. The molecule has 23 heavy (non-hydrogen) atoms. The Morgan fingerprint density at radius 2 is 1.83 bits per heavy atom. The SMILES string of the molecule is Cc1ccc(Oc2cc(C=O)nn2-c2ccc(Cl)cc2Cl)cc1. The van der Waals surface area contributed by atoms with Gasteiger partial charge in [-0.05, 0) is 37.3 Å². The van der Waals surface area contributed by atoms with Gasteiger partial charge in [0.2, 0.25) is 5.88 Å². The highest BCUT2D eigenvalue weighted by Gasteiger charge is 2.14. The van der Waals surface area contributed by atoms with E-state index < -0.39 is 0 Å². The van der Waals surface area contributed by atoms with Crippen LogP contribution in [0.15, 0.2) is 48.5 Å².